The number of carbonyl (C=O) groups is 1. The molecule has 1 aromatic carbocycles. The Hall–Kier alpha value is -1.80. The van der Waals surface area contributed by atoms with E-state index in [-0.39, 0.29) is 12.0 Å². The zero-order valence-electron chi connectivity index (χ0n) is 11.0. The third-order valence-electron chi connectivity index (χ3n) is 3.84. The molecular weight excluding hydrogens is 238 g/mol. The molecule has 0 bridgehead atoms. The van der Waals surface area contributed by atoms with Crippen LogP contribution in [0, 0.1) is 5.92 Å². The number of azide groups is 1. The van der Waals surface area contributed by atoms with Crippen molar-refractivity contribution in [3.05, 3.63) is 46.3 Å². The van der Waals surface area contributed by atoms with Crippen LogP contribution in [0.4, 0.5) is 0 Å². The quantitative estimate of drug-likeness (QED) is 0.418. The van der Waals surface area contributed by atoms with Crippen LogP contribution in [0.2, 0.25) is 0 Å². The van der Waals surface area contributed by atoms with Crippen LogP contribution in [-0.4, -0.2) is 5.78 Å². The topological polar surface area (TPSA) is 65.8 Å². The van der Waals surface area contributed by atoms with Crippen molar-refractivity contribution >= 4 is 5.78 Å². The SMILES string of the molecule is [N-]=[N+]=NC(CCCC1CCCC1=O)c1ccccc1. The molecule has 0 aliphatic heterocycles. The summed E-state index contributed by atoms with van der Waals surface area (Å²) in [6.07, 6.45) is 5.53. The van der Waals surface area contributed by atoms with Gasteiger partial charge in [-0.1, -0.05) is 41.9 Å². The lowest BCUT2D eigenvalue weighted by Gasteiger charge is -2.13. The van der Waals surface area contributed by atoms with Crippen molar-refractivity contribution in [2.45, 2.75) is 44.6 Å². The normalized spacial score (nSPS) is 20.0. The smallest absolute Gasteiger partial charge is 0.135 e. The van der Waals surface area contributed by atoms with E-state index >= 15 is 0 Å². The highest BCUT2D eigenvalue weighted by Crippen LogP contribution is 2.29. The summed E-state index contributed by atoms with van der Waals surface area (Å²) in [7, 11) is 0. The van der Waals surface area contributed by atoms with E-state index in [0.29, 0.717) is 5.78 Å². The lowest BCUT2D eigenvalue weighted by molar-refractivity contribution is -0.120. The molecule has 0 amide bonds. The Bertz CT molecular complexity index is 466. The van der Waals surface area contributed by atoms with Crippen LogP contribution in [0.25, 0.3) is 10.4 Å². The monoisotopic (exact) mass is 257 g/mol. The second kappa shape index (κ2) is 6.95. The highest BCUT2D eigenvalue weighted by atomic mass is 16.1. The van der Waals surface area contributed by atoms with Gasteiger partial charge in [0.25, 0.3) is 0 Å². The predicted octanol–water partition coefficient (Wildman–Crippen LogP) is 4.58. The lowest BCUT2D eigenvalue weighted by Crippen LogP contribution is -2.06. The molecule has 0 spiro atoms. The zero-order chi connectivity index (χ0) is 13.5. The van der Waals surface area contributed by atoms with E-state index in [1.54, 1.807) is 0 Å². The molecule has 1 aromatic rings. The average molecular weight is 257 g/mol. The minimum absolute atomic E-state index is 0.109. The summed E-state index contributed by atoms with van der Waals surface area (Å²) in [5.41, 5.74) is 9.71. The van der Waals surface area contributed by atoms with Crippen molar-refractivity contribution < 1.29 is 4.79 Å². The van der Waals surface area contributed by atoms with E-state index in [1.165, 1.54) is 0 Å². The van der Waals surface area contributed by atoms with E-state index in [1.807, 2.05) is 30.3 Å². The minimum Gasteiger partial charge on any atom is -0.299 e. The molecule has 19 heavy (non-hydrogen) atoms. The Balaban J connectivity index is 1.87. The Morgan fingerprint density at radius 3 is 2.79 bits per heavy atom. The highest BCUT2D eigenvalue weighted by molar-refractivity contribution is 5.82. The minimum atomic E-state index is -0.109. The molecule has 4 nitrogen and oxygen atoms in total. The number of ketones is 1. The van der Waals surface area contributed by atoms with Gasteiger partial charge in [0.15, 0.2) is 0 Å². The van der Waals surface area contributed by atoms with Crippen molar-refractivity contribution in [1.82, 2.24) is 0 Å². The molecule has 2 atom stereocenters. The van der Waals surface area contributed by atoms with Gasteiger partial charge in [0.1, 0.15) is 5.78 Å². The fourth-order valence-electron chi connectivity index (χ4n) is 2.78. The summed E-state index contributed by atoms with van der Waals surface area (Å²) in [6, 6.07) is 9.72. The summed E-state index contributed by atoms with van der Waals surface area (Å²) in [6.45, 7) is 0. The molecule has 1 aliphatic rings. The Labute approximate surface area is 113 Å². The first-order valence-electron chi connectivity index (χ1n) is 6.93. The second-order valence-corrected chi connectivity index (χ2v) is 5.12. The van der Waals surface area contributed by atoms with Gasteiger partial charge in [-0.2, -0.15) is 0 Å². The van der Waals surface area contributed by atoms with Crippen LogP contribution < -0.4 is 0 Å². The molecule has 0 N–H and O–H groups in total. The van der Waals surface area contributed by atoms with Crippen LogP contribution in [-0.2, 0) is 4.79 Å². The van der Waals surface area contributed by atoms with E-state index in [2.05, 4.69) is 10.0 Å². The fourth-order valence-corrected chi connectivity index (χ4v) is 2.78. The molecule has 2 rings (SSSR count). The van der Waals surface area contributed by atoms with E-state index in [0.717, 1.165) is 44.1 Å². The molecule has 100 valence electrons. The van der Waals surface area contributed by atoms with Gasteiger partial charge in [-0.3, -0.25) is 4.79 Å². The van der Waals surface area contributed by atoms with Gasteiger partial charge in [0.2, 0.25) is 0 Å². The fraction of sp³-hybridized carbons (Fsp3) is 0.533. The average Bonchev–Trinajstić information content (AvgIpc) is 2.84. The molecule has 0 heterocycles. The molecule has 2 unspecified atom stereocenters. The molecule has 0 aromatic heterocycles. The third kappa shape index (κ3) is 3.83. The number of Topliss-reactive ketones (excluding diaryl/α,β-unsaturated/α-hetero) is 1. The van der Waals surface area contributed by atoms with Gasteiger partial charge in [-0.15, -0.1) is 0 Å². The summed E-state index contributed by atoms with van der Waals surface area (Å²) in [5, 5.41) is 3.87. The van der Waals surface area contributed by atoms with E-state index in [4.69, 9.17) is 5.53 Å². The van der Waals surface area contributed by atoms with Crippen molar-refractivity contribution in [1.29, 1.82) is 0 Å². The molecule has 0 radical (unpaired) electrons. The third-order valence-corrected chi connectivity index (χ3v) is 3.84. The van der Waals surface area contributed by atoms with Gasteiger partial charge in [-0.05, 0) is 36.8 Å². The zero-order valence-corrected chi connectivity index (χ0v) is 11.0. The number of rotatable bonds is 6. The first-order valence-corrected chi connectivity index (χ1v) is 6.93. The highest BCUT2D eigenvalue weighted by Gasteiger charge is 2.23. The summed E-state index contributed by atoms with van der Waals surface area (Å²) >= 11 is 0. The maximum atomic E-state index is 11.6. The van der Waals surface area contributed by atoms with Crippen LogP contribution in [0.1, 0.15) is 50.1 Å². The Kier molecular flexibility index (Phi) is 4.99. The number of carbonyl (C=O) groups excluding carboxylic acids is 1. The molecule has 1 fully saturated rings. The van der Waals surface area contributed by atoms with Crippen LogP contribution in [0.3, 0.4) is 0 Å². The molecule has 4 heteroatoms. The maximum absolute atomic E-state index is 11.6. The maximum Gasteiger partial charge on any atom is 0.135 e. The van der Waals surface area contributed by atoms with Gasteiger partial charge < -0.3 is 0 Å². The van der Waals surface area contributed by atoms with Crippen LogP contribution in [0.15, 0.2) is 35.4 Å². The van der Waals surface area contributed by atoms with Gasteiger partial charge in [0, 0.05) is 17.3 Å². The van der Waals surface area contributed by atoms with Gasteiger partial charge in [-0.25, -0.2) is 0 Å². The lowest BCUT2D eigenvalue weighted by atomic mass is 9.95. The van der Waals surface area contributed by atoms with Crippen molar-refractivity contribution in [2.24, 2.45) is 11.0 Å². The van der Waals surface area contributed by atoms with E-state index < -0.39 is 0 Å². The summed E-state index contributed by atoms with van der Waals surface area (Å²) in [5.74, 6) is 0.669. The number of hydrogen-bond donors (Lipinski definition) is 0. The Morgan fingerprint density at radius 1 is 1.37 bits per heavy atom. The van der Waals surface area contributed by atoms with Gasteiger partial charge in [0.05, 0.1) is 6.04 Å². The number of hydrogen-bond acceptors (Lipinski definition) is 2. The molecule has 1 aliphatic carbocycles. The van der Waals surface area contributed by atoms with Crippen LogP contribution in [0.5, 0.6) is 0 Å². The first-order chi connectivity index (χ1) is 9.31. The Morgan fingerprint density at radius 2 is 2.16 bits per heavy atom. The molecule has 0 saturated heterocycles. The summed E-state index contributed by atoms with van der Waals surface area (Å²) in [4.78, 5) is 14.5. The largest absolute Gasteiger partial charge is 0.299 e. The number of benzene rings is 1. The molecular formula is C15H19N3O. The predicted molar refractivity (Wildman–Crippen MR) is 74.5 cm³/mol. The van der Waals surface area contributed by atoms with E-state index in [9.17, 15) is 4.79 Å². The van der Waals surface area contributed by atoms with Crippen molar-refractivity contribution in [2.75, 3.05) is 0 Å². The van der Waals surface area contributed by atoms with Crippen molar-refractivity contribution in [3.63, 3.8) is 0 Å². The van der Waals surface area contributed by atoms with Crippen molar-refractivity contribution in [3.8, 4) is 0 Å². The second-order valence-electron chi connectivity index (χ2n) is 5.12. The van der Waals surface area contributed by atoms with Crippen LogP contribution >= 0.6 is 0 Å². The standard InChI is InChI=1S/C15H19N3O/c16-18-17-14(12-6-2-1-3-7-12)10-4-8-13-9-5-11-15(13)19/h1-3,6-7,13-14H,4-5,8-11H2. The summed E-state index contributed by atoms with van der Waals surface area (Å²) < 4.78 is 0. The number of nitrogens with zero attached hydrogens (tertiary/aromatic N) is 3. The van der Waals surface area contributed by atoms with Gasteiger partial charge >= 0.3 is 0 Å². The molecule has 1 saturated carbocycles. The first kappa shape index (κ1) is 13.6.